The number of nitrogens with two attached hydrogens (primary N) is 1. The summed E-state index contributed by atoms with van der Waals surface area (Å²) in [5.74, 6) is -0.865. The Labute approximate surface area is 132 Å². The largest absolute Gasteiger partial charge is 0.507 e. The molecule has 0 radical (unpaired) electrons. The van der Waals surface area contributed by atoms with Crippen molar-refractivity contribution in [1.29, 1.82) is 0 Å². The van der Waals surface area contributed by atoms with Gasteiger partial charge in [-0.1, -0.05) is 35.2 Å². The molecule has 0 unspecified atom stereocenters. The maximum absolute atomic E-state index is 13.3. The summed E-state index contributed by atoms with van der Waals surface area (Å²) in [6.07, 6.45) is -5.15. The molecule has 0 spiro atoms. The molecule has 1 saturated carbocycles. The van der Waals surface area contributed by atoms with Gasteiger partial charge in [0.1, 0.15) is 0 Å². The normalized spacial score (nSPS) is 24.8. The summed E-state index contributed by atoms with van der Waals surface area (Å²) < 4.78 is 61.7. The number of hydrogen-bond donors (Lipinski definition) is 1. The molecule has 2 aliphatic rings. The third kappa shape index (κ3) is 2.46. The second-order valence-electron chi connectivity index (χ2n) is 5.73. The Morgan fingerprint density at radius 3 is 1.95 bits per heavy atom. The van der Waals surface area contributed by atoms with E-state index < -0.39 is 29.3 Å². The van der Waals surface area contributed by atoms with Gasteiger partial charge in [0.25, 0.3) is 0 Å². The molecule has 0 saturated heterocycles. The molecule has 2 N–H and O–H groups in total. The van der Waals surface area contributed by atoms with Crippen molar-refractivity contribution in [3.63, 3.8) is 0 Å². The van der Waals surface area contributed by atoms with Crippen molar-refractivity contribution in [3.8, 4) is 11.5 Å². The van der Waals surface area contributed by atoms with Crippen molar-refractivity contribution in [1.82, 2.24) is 0 Å². The van der Waals surface area contributed by atoms with Crippen molar-refractivity contribution in [2.45, 2.75) is 49.9 Å². The first kappa shape index (κ1) is 15.9. The van der Waals surface area contributed by atoms with Gasteiger partial charge in [0.2, 0.25) is 0 Å². The Bertz CT molecular complexity index is 603. The van der Waals surface area contributed by atoms with E-state index in [4.69, 9.17) is 5.73 Å². The molecule has 1 aliphatic heterocycles. The van der Waals surface area contributed by atoms with E-state index in [1.54, 1.807) is 0 Å². The molecule has 1 aromatic carbocycles. The summed E-state index contributed by atoms with van der Waals surface area (Å²) in [4.78, 5) is 0. The van der Waals surface area contributed by atoms with Crippen LogP contribution in [0.3, 0.4) is 0 Å². The number of ether oxygens (including phenoxy) is 2. The first-order chi connectivity index (χ1) is 10.1. The van der Waals surface area contributed by atoms with Gasteiger partial charge in [-0.15, -0.1) is 0 Å². The predicted molar refractivity (Wildman–Crippen MR) is 74.2 cm³/mol. The van der Waals surface area contributed by atoms with Crippen LogP contribution in [0.4, 0.5) is 17.6 Å². The van der Waals surface area contributed by atoms with Crippen LogP contribution >= 0.6 is 15.9 Å². The predicted octanol–water partition coefficient (Wildman–Crippen LogP) is 4.52. The lowest BCUT2D eigenvalue weighted by molar-refractivity contribution is -0.391. The van der Waals surface area contributed by atoms with Crippen LogP contribution in [0.25, 0.3) is 0 Å². The second-order valence-corrected chi connectivity index (χ2v) is 6.59. The van der Waals surface area contributed by atoms with E-state index in [1.165, 1.54) is 12.1 Å². The van der Waals surface area contributed by atoms with Crippen molar-refractivity contribution in [2.24, 2.45) is 5.73 Å². The molecule has 0 aromatic heterocycles. The minimum absolute atomic E-state index is 0.426. The van der Waals surface area contributed by atoms with Gasteiger partial charge in [-0.05, 0) is 30.5 Å². The van der Waals surface area contributed by atoms with Crippen LogP contribution in [-0.2, 0) is 5.54 Å². The summed E-state index contributed by atoms with van der Waals surface area (Å²) in [5, 5.41) is 0. The van der Waals surface area contributed by atoms with Gasteiger partial charge in [-0.25, -0.2) is 0 Å². The van der Waals surface area contributed by atoms with Gasteiger partial charge in [0.05, 0.1) is 0 Å². The molecule has 1 heterocycles. The number of hydrogen-bond acceptors (Lipinski definition) is 3. The van der Waals surface area contributed by atoms with Crippen molar-refractivity contribution >= 4 is 15.9 Å². The zero-order valence-electron chi connectivity index (χ0n) is 11.5. The molecule has 1 fully saturated rings. The molecule has 1 aliphatic carbocycles. The topological polar surface area (TPSA) is 44.5 Å². The minimum Gasteiger partial charge on any atom is -0.421 e. The number of fused-ring (bicyclic) bond motifs is 1. The van der Waals surface area contributed by atoms with E-state index in [2.05, 4.69) is 25.4 Å². The molecule has 1 aromatic rings. The Kier molecular flexibility index (Phi) is 3.60. The highest BCUT2D eigenvalue weighted by Crippen LogP contribution is 2.50. The summed E-state index contributed by atoms with van der Waals surface area (Å²) >= 11 is 3.26. The lowest BCUT2D eigenvalue weighted by Crippen LogP contribution is -2.52. The summed E-state index contributed by atoms with van der Waals surface area (Å²) in [5.41, 5.74) is 6.25. The quantitative estimate of drug-likeness (QED) is 0.724. The maximum Gasteiger partial charge on any atom is 0.507 e. The average Bonchev–Trinajstić information content (AvgIpc) is 2.40. The fourth-order valence-corrected chi connectivity index (χ4v) is 3.64. The minimum atomic E-state index is -4.72. The fraction of sp³-hybridized carbons (Fsp3) is 0.571. The number of rotatable bonds is 1. The van der Waals surface area contributed by atoms with E-state index in [-0.39, 0.29) is 0 Å². The highest BCUT2D eigenvalue weighted by Gasteiger charge is 2.66. The van der Waals surface area contributed by atoms with Gasteiger partial charge in [0, 0.05) is 10.0 Å². The molecular formula is C14H14BrF4NO2. The summed E-state index contributed by atoms with van der Waals surface area (Å²) in [6.45, 7) is 0. The first-order valence-corrected chi connectivity index (χ1v) is 7.70. The van der Waals surface area contributed by atoms with Crippen LogP contribution in [-0.4, -0.2) is 12.2 Å². The molecule has 0 amide bonds. The van der Waals surface area contributed by atoms with Crippen molar-refractivity contribution < 1.29 is 27.0 Å². The third-order valence-corrected chi connectivity index (χ3v) is 4.79. The summed E-state index contributed by atoms with van der Waals surface area (Å²) in [6, 6.07) is 2.48. The van der Waals surface area contributed by atoms with Gasteiger partial charge >= 0.3 is 12.2 Å². The zero-order chi connectivity index (χ0) is 16.2. The standard InChI is InChI=1S/C14H14BrF4NO2/c15-9-7-11-10(21-13(16,17)14(18,19)22-11)6-8(9)12(20)4-2-1-3-5-12/h6-7H,1-5,20H2. The lowest BCUT2D eigenvalue weighted by Gasteiger charge is -2.37. The highest BCUT2D eigenvalue weighted by molar-refractivity contribution is 9.10. The second kappa shape index (κ2) is 4.99. The van der Waals surface area contributed by atoms with Gasteiger partial charge in [0.15, 0.2) is 11.5 Å². The summed E-state index contributed by atoms with van der Waals surface area (Å²) in [7, 11) is 0. The van der Waals surface area contributed by atoms with Crippen LogP contribution in [0.5, 0.6) is 11.5 Å². The van der Waals surface area contributed by atoms with Crippen LogP contribution < -0.4 is 15.2 Å². The van der Waals surface area contributed by atoms with Crippen LogP contribution in [0.1, 0.15) is 37.7 Å². The highest BCUT2D eigenvalue weighted by atomic mass is 79.9. The number of alkyl halides is 4. The zero-order valence-corrected chi connectivity index (χ0v) is 13.1. The van der Waals surface area contributed by atoms with E-state index in [0.717, 1.165) is 19.3 Å². The Balaban J connectivity index is 2.04. The molecule has 3 nitrogen and oxygen atoms in total. The smallest absolute Gasteiger partial charge is 0.421 e. The van der Waals surface area contributed by atoms with Crippen LogP contribution in [0, 0.1) is 0 Å². The van der Waals surface area contributed by atoms with Gasteiger partial charge in [-0.3, -0.25) is 0 Å². The molecule has 3 rings (SSSR count). The van der Waals surface area contributed by atoms with Crippen LogP contribution in [0.15, 0.2) is 16.6 Å². The maximum atomic E-state index is 13.3. The monoisotopic (exact) mass is 383 g/mol. The average molecular weight is 384 g/mol. The van der Waals surface area contributed by atoms with Gasteiger partial charge < -0.3 is 15.2 Å². The van der Waals surface area contributed by atoms with Crippen LogP contribution in [0.2, 0.25) is 0 Å². The number of halogens is 5. The molecule has 0 atom stereocenters. The molecule has 22 heavy (non-hydrogen) atoms. The van der Waals surface area contributed by atoms with Crippen molar-refractivity contribution in [2.75, 3.05) is 0 Å². The van der Waals surface area contributed by atoms with E-state index in [0.29, 0.717) is 22.9 Å². The van der Waals surface area contributed by atoms with E-state index in [9.17, 15) is 17.6 Å². The Morgan fingerprint density at radius 2 is 1.41 bits per heavy atom. The lowest BCUT2D eigenvalue weighted by atomic mass is 9.77. The first-order valence-electron chi connectivity index (χ1n) is 6.91. The van der Waals surface area contributed by atoms with Gasteiger partial charge in [-0.2, -0.15) is 17.6 Å². The third-order valence-electron chi connectivity index (χ3n) is 4.13. The molecule has 0 bridgehead atoms. The van der Waals surface area contributed by atoms with Crippen molar-refractivity contribution in [3.05, 3.63) is 22.2 Å². The Morgan fingerprint density at radius 1 is 0.909 bits per heavy atom. The molecule has 122 valence electrons. The fourth-order valence-electron chi connectivity index (χ4n) is 2.92. The number of benzene rings is 1. The van der Waals surface area contributed by atoms with E-state index >= 15 is 0 Å². The molecular weight excluding hydrogens is 370 g/mol. The Hall–Kier alpha value is -1.02. The molecule has 8 heteroatoms. The van der Waals surface area contributed by atoms with E-state index in [1.807, 2.05) is 0 Å². The SMILES string of the molecule is NC1(c2cc3c(cc2Br)OC(F)(F)C(F)(F)O3)CCCCC1.